The number of nitrogens with zero attached hydrogens (tertiary/aromatic N) is 1. The van der Waals surface area contributed by atoms with Crippen LogP contribution in [-0.4, -0.2) is 23.7 Å². The van der Waals surface area contributed by atoms with E-state index in [9.17, 15) is 9.90 Å². The van der Waals surface area contributed by atoms with Crippen LogP contribution >= 0.6 is 0 Å². The van der Waals surface area contributed by atoms with Gasteiger partial charge in [0.2, 0.25) is 5.91 Å². The standard InChI is InChI=1S/C11H13NO2/c1-8(13)7-12-10-5-3-2-4-9(10)6-11(12)14/h2-5,8,13H,6-7H2,1H3. The fourth-order valence-corrected chi connectivity index (χ4v) is 1.78. The Balaban J connectivity index is 2.30. The van der Waals surface area contributed by atoms with Gasteiger partial charge in [0.05, 0.1) is 19.1 Å². The number of anilines is 1. The smallest absolute Gasteiger partial charge is 0.231 e. The second kappa shape index (κ2) is 3.42. The predicted octanol–water partition coefficient (Wildman–Crippen LogP) is 0.956. The first kappa shape index (κ1) is 9.21. The zero-order valence-corrected chi connectivity index (χ0v) is 8.10. The Morgan fingerprint density at radius 3 is 2.93 bits per heavy atom. The molecule has 3 heteroatoms. The maximum Gasteiger partial charge on any atom is 0.231 e. The molecule has 0 aromatic heterocycles. The van der Waals surface area contributed by atoms with Crippen molar-refractivity contribution in [2.24, 2.45) is 0 Å². The molecule has 0 saturated heterocycles. The second-order valence-corrected chi connectivity index (χ2v) is 3.66. The van der Waals surface area contributed by atoms with Gasteiger partial charge in [-0.2, -0.15) is 0 Å². The monoisotopic (exact) mass is 191 g/mol. The summed E-state index contributed by atoms with van der Waals surface area (Å²) < 4.78 is 0. The van der Waals surface area contributed by atoms with Gasteiger partial charge >= 0.3 is 0 Å². The van der Waals surface area contributed by atoms with Crippen LogP contribution in [0.1, 0.15) is 12.5 Å². The lowest BCUT2D eigenvalue weighted by molar-refractivity contribution is -0.117. The van der Waals surface area contributed by atoms with Crippen LogP contribution in [0.15, 0.2) is 24.3 Å². The molecule has 1 heterocycles. The van der Waals surface area contributed by atoms with Gasteiger partial charge < -0.3 is 10.0 Å². The van der Waals surface area contributed by atoms with Crippen molar-refractivity contribution >= 4 is 11.6 Å². The number of β-amino-alcohol motifs (C(OH)–C–C–N with tert-alkyl or cyclic N) is 1. The fraction of sp³-hybridized carbons (Fsp3) is 0.364. The normalized spacial score (nSPS) is 17.0. The van der Waals surface area contributed by atoms with Crippen LogP contribution in [-0.2, 0) is 11.2 Å². The molecule has 1 aliphatic rings. The van der Waals surface area contributed by atoms with Crippen LogP contribution in [0.4, 0.5) is 5.69 Å². The molecule has 0 aliphatic carbocycles. The highest BCUT2D eigenvalue weighted by molar-refractivity contribution is 6.01. The molecule has 3 nitrogen and oxygen atoms in total. The molecule has 1 aromatic rings. The molecule has 1 aliphatic heterocycles. The number of para-hydroxylation sites is 1. The maximum absolute atomic E-state index is 11.6. The molecular weight excluding hydrogens is 178 g/mol. The van der Waals surface area contributed by atoms with E-state index in [0.29, 0.717) is 13.0 Å². The van der Waals surface area contributed by atoms with E-state index in [1.165, 1.54) is 0 Å². The first-order valence-electron chi connectivity index (χ1n) is 4.75. The van der Waals surface area contributed by atoms with Crippen LogP contribution < -0.4 is 4.90 Å². The van der Waals surface area contributed by atoms with Crippen LogP contribution in [0.25, 0.3) is 0 Å². The molecule has 0 radical (unpaired) electrons. The number of fused-ring (bicyclic) bond motifs is 1. The topological polar surface area (TPSA) is 40.5 Å². The number of benzene rings is 1. The Hall–Kier alpha value is -1.35. The van der Waals surface area contributed by atoms with E-state index >= 15 is 0 Å². The third kappa shape index (κ3) is 1.51. The Morgan fingerprint density at radius 2 is 2.21 bits per heavy atom. The molecule has 1 amide bonds. The number of carbonyl (C=O) groups excluding carboxylic acids is 1. The van der Waals surface area contributed by atoms with Crippen molar-refractivity contribution in [1.82, 2.24) is 0 Å². The Labute approximate surface area is 83.0 Å². The number of carbonyl (C=O) groups is 1. The van der Waals surface area contributed by atoms with Crippen molar-refractivity contribution in [3.63, 3.8) is 0 Å². The van der Waals surface area contributed by atoms with Crippen LogP contribution in [0.3, 0.4) is 0 Å². The highest BCUT2D eigenvalue weighted by Crippen LogP contribution is 2.28. The van der Waals surface area contributed by atoms with Gasteiger partial charge in [-0.15, -0.1) is 0 Å². The molecular formula is C11H13NO2. The van der Waals surface area contributed by atoms with Crippen molar-refractivity contribution in [3.05, 3.63) is 29.8 Å². The number of aliphatic hydroxyl groups is 1. The first-order valence-corrected chi connectivity index (χ1v) is 4.75. The molecule has 0 bridgehead atoms. The van der Waals surface area contributed by atoms with E-state index in [-0.39, 0.29) is 5.91 Å². The van der Waals surface area contributed by atoms with Crippen LogP contribution in [0.5, 0.6) is 0 Å². The molecule has 1 unspecified atom stereocenters. The van der Waals surface area contributed by atoms with Gasteiger partial charge in [-0.3, -0.25) is 4.79 Å². The van der Waals surface area contributed by atoms with Gasteiger partial charge in [0.15, 0.2) is 0 Å². The van der Waals surface area contributed by atoms with E-state index < -0.39 is 6.10 Å². The van der Waals surface area contributed by atoms with Gasteiger partial charge in [0.25, 0.3) is 0 Å². The van der Waals surface area contributed by atoms with E-state index in [1.807, 2.05) is 24.3 Å². The molecule has 0 fully saturated rings. The van der Waals surface area contributed by atoms with Crippen molar-refractivity contribution in [2.75, 3.05) is 11.4 Å². The maximum atomic E-state index is 11.6. The Kier molecular flexibility index (Phi) is 2.25. The number of hydrogen-bond donors (Lipinski definition) is 1. The summed E-state index contributed by atoms with van der Waals surface area (Å²) in [6.45, 7) is 2.07. The summed E-state index contributed by atoms with van der Waals surface area (Å²) in [5.74, 6) is 0.0760. The summed E-state index contributed by atoms with van der Waals surface area (Å²) in [6, 6.07) is 7.71. The quantitative estimate of drug-likeness (QED) is 0.756. The average molecular weight is 191 g/mol. The minimum absolute atomic E-state index is 0.0760. The largest absolute Gasteiger partial charge is 0.392 e. The summed E-state index contributed by atoms with van der Waals surface area (Å²) in [6.07, 6.45) is -0.0202. The molecule has 2 rings (SSSR count). The fourth-order valence-electron chi connectivity index (χ4n) is 1.78. The zero-order chi connectivity index (χ0) is 10.1. The lowest BCUT2D eigenvalue weighted by atomic mass is 10.2. The highest BCUT2D eigenvalue weighted by Gasteiger charge is 2.27. The minimum Gasteiger partial charge on any atom is -0.392 e. The van der Waals surface area contributed by atoms with Crippen molar-refractivity contribution in [1.29, 1.82) is 0 Å². The third-order valence-electron chi connectivity index (χ3n) is 2.37. The number of aliphatic hydroxyl groups excluding tert-OH is 1. The Bertz CT molecular complexity index is 360. The summed E-state index contributed by atoms with van der Waals surface area (Å²) in [4.78, 5) is 13.2. The number of hydrogen-bond acceptors (Lipinski definition) is 2. The van der Waals surface area contributed by atoms with Crippen LogP contribution in [0.2, 0.25) is 0 Å². The molecule has 0 spiro atoms. The summed E-state index contributed by atoms with van der Waals surface area (Å²) >= 11 is 0. The summed E-state index contributed by atoms with van der Waals surface area (Å²) in [7, 11) is 0. The van der Waals surface area contributed by atoms with Crippen LogP contribution in [0, 0.1) is 0 Å². The second-order valence-electron chi connectivity index (χ2n) is 3.66. The third-order valence-corrected chi connectivity index (χ3v) is 2.37. The van der Waals surface area contributed by atoms with Crippen molar-refractivity contribution in [3.8, 4) is 0 Å². The van der Waals surface area contributed by atoms with Gasteiger partial charge in [0, 0.05) is 5.69 Å². The summed E-state index contributed by atoms with van der Waals surface area (Å²) in [5, 5.41) is 9.26. The zero-order valence-electron chi connectivity index (χ0n) is 8.10. The van der Waals surface area contributed by atoms with E-state index in [4.69, 9.17) is 0 Å². The van der Waals surface area contributed by atoms with Gasteiger partial charge in [-0.1, -0.05) is 18.2 Å². The number of rotatable bonds is 2. The molecule has 14 heavy (non-hydrogen) atoms. The van der Waals surface area contributed by atoms with Crippen molar-refractivity contribution in [2.45, 2.75) is 19.4 Å². The Morgan fingerprint density at radius 1 is 1.50 bits per heavy atom. The summed E-state index contributed by atoms with van der Waals surface area (Å²) in [5.41, 5.74) is 2.00. The van der Waals surface area contributed by atoms with E-state index in [2.05, 4.69) is 0 Å². The highest BCUT2D eigenvalue weighted by atomic mass is 16.3. The van der Waals surface area contributed by atoms with E-state index in [1.54, 1.807) is 11.8 Å². The lowest BCUT2D eigenvalue weighted by Crippen LogP contribution is -2.33. The van der Waals surface area contributed by atoms with Gasteiger partial charge in [0.1, 0.15) is 0 Å². The van der Waals surface area contributed by atoms with E-state index in [0.717, 1.165) is 11.3 Å². The van der Waals surface area contributed by atoms with Gasteiger partial charge in [-0.25, -0.2) is 0 Å². The molecule has 0 saturated carbocycles. The molecule has 1 aromatic carbocycles. The molecule has 1 N–H and O–H groups in total. The first-order chi connectivity index (χ1) is 6.68. The molecule has 74 valence electrons. The molecule has 1 atom stereocenters. The predicted molar refractivity (Wildman–Crippen MR) is 54.2 cm³/mol. The average Bonchev–Trinajstić information content (AvgIpc) is 2.43. The SMILES string of the molecule is CC(O)CN1C(=O)Cc2ccccc21. The van der Waals surface area contributed by atoms with Gasteiger partial charge in [-0.05, 0) is 18.6 Å². The minimum atomic E-state index is -0.481. The number of amides is 1. The van der Waals surface area contributed by atoms with Crippen molar-refractivity contribution < 1.29 is 9.90 Å². The lowest BCUT2D eigenvalue weighted by Gasteiger charge is -2.18.